The summed E-state index contributed by atoms with van der Waals surface area (Å²) in [5, 5.41) is 7.62. The van der Waals surface area contributed by atoms with Crippen molar-refractivity contribution in [1.82, 2.24) is 20.1 Å². The standard InChI is InChI=1S/C14H18N4/c1-18-10-16-14(17-18)9-15-8-11-3-2-4-13(7-11)12-5-6-12/h2-4,7,10,12,15H,5-6,8-9H2,1H3. The molecule has 94 valence electrons. The smallest absolute Gasteiger partial charge is 0.164 e. The van der Waals surface area contributed by atoms with Crippen LogP contribution in [-0.2, 0) is 20.1 Å². The van der Waals surface area contributed by atoms with Gasteiger partial charge in [0.2, 0.25) is 0 Å². The lowest BCUT2D eigenvalue weighted by Gasteiger charge is -2.05. The molecule has 2 aromatic rings. The Morgan fingerprint density at radius 3 is 2.94 bits per heavy atom. The van der Waals surface area contributed by atoms with Gasteiger partial charge in [-0.1, -0.05) is 24.3 Å². The molecule has 0 atom stereocenters. The third-order valence-electron chi connectivity index (χ3n) is 3.26. The fourth-order valence-electron chi connectivity index (χ4n) is 2.16. The molecule has 1 aliphatic carbocycles. The molecule has 1 fully saturated rings. The maximum atomic E-state index is 4.24. The lowest BCUT2D eigenvalue weighted by molar-refractivity contribution is 0.649. The van der Waals surface area contributed by atoms with Gasteiger partial charge in [-0.2, -0.15) is 5.10 Å². The Balaban J connectivity index is 1.54. The molecule has 18 heavy (non-hydrogen) atoms. The quantitative estimate of drug-likeness (QED) is 0.872. The van der Waals surface area contributed by atoms with Crippen molar-refractivity contribution in [2.24, 2.45) is 7.05 Å². The molecule has 1 aromatic heterocycles. The van der Waals surface area contributed by atoms with E-state index in [0.29, 0.717) is 6.54 Å². The van der Waals surface area contributed by atoms with Crippen LogP contribution in [0.2, 0.25) is 0 Å². The zero-order chi connectivity index (χ0) is 12.4. The first kappa shape index (κ1) is 11.4. The first-order chi connectivity index (χ1) is 8.81. The van der Waals surface area contributed by atoms with Crippen LogP contribution in [0.1, 0.15) is 35.7 Å². The molecule has 3 rings (SSSR count). The van der Waals surface area contributed by atoms with E-state index < -0.39 is 0 Å². The van der Waals surface area contributed by atoms with Crippen LogP contribution >= 0.6 is 0 Å². The normalized spacial score (nSPS) is 14.9. The Labute approximate surface area is 107 Å². The first-order valence-corrected chi connectivity index (χ1v) is 6.45. The molecule has 1 N–H and O–H groups in total. The average molecular weight is 242 g/mol. The summed E-state index contributed by atoms with van der Waals surface area (Å²) in [5.41, 5.74) is 2.83. The van der Waals surface area contributed by atoms with Crippen molar-refractivity contribution < 1.29 is 0 Å². The minimum absolute atomic E-state index is 0.717. The minimum atomic E-state index is 0.717. The highest BCUT2D eigenvalue weighted by Crippen LogP contribution is 2.40. The lowest BCUT2D eigenvalue weighted by Crippen LogP contribution is -2.14. The van der Waals surface area contributed by atoms with Gasteiger partial charge < -0.3 is 5.32 Å². The van der Waals surface area contributed by atoms with Crippen LogP contribution in [0, 0.1) is 0 Å². The number of aromatic nitrogens is 3. The summed E-state index contributed by atoms with van der Waals surface area (Å²) in [6.07, 6.45) is 4.44. The highest BCUT2D eigenvalue weighted by atomic mass is 15.3. The van der Waals surface area contributed by atoms with E-state index >= 15 is 0 Å². The van der Waals surface area contributed by atoms with Gasteiger partial charge in [0.05, 0.1) is 6.54 Å². The van der Waals surface area contributed by atoms with E-state index in [9.17, 15) is 0 Å². The Morgan fingerprint density at radius 2 is 2.22 bits per heavy atom. The summed E-state index contributed by atoms with van der Waals surface area (Å²) in [6, 6.07) is 8.88. The molecule has 4 nitrogen and oxygen atoms in total. The molecule has 0 radical (unpaired) electrons. The van der Waals surface area contributed by atoms with E-state index in [1.54, 1.807) is 11.0 Å². The molecule has 0 spiro atoms. The summed E-state index contributed by atoms with van der Waals surface area (Å²) in [7, 11) is 1.88. The van der Waals surface area contributed by atoms with Gasteiger partial charge in [-0.15, -0.1) is 0 Å². The topological polar surface area (TPSA) is 42.7 Å². The van der Waals surface area contributed by atoms with Crippen LogP contribution in [0.5, 0.6) is 0 Å². The summed E-state index contributed by atoms with van der Waals surface area (Å²) in [6.45, 7) is 1.59. The predicted molar refractivity (Wildman–Crippen MR) is 70.0 cm³/mol. The maximum Gasteiger partial charge on any atom is 0.164 e. The Kier molecular flexibility index (Phi) is 3.11. The maximum absolute atomic E-state index is 4.24. The third-order valence-corrected chi connectivity index (χ3v) is 3.26. The number of aryl methyl sites for hydroxylation is 1. The number of nitrogens with zero attached hydrogens (tertiary/aromatic N) is 3. The predicted octanol–water partition coefficient (Wildman–Crippen LogP) is 1.98. The SMILES string of the molecule is Cn1cnc(CNCc2cccc(C3CC3)c2)n1. The molecule has 1 heterocycles. The summed E-state index contributed by atoms with van der Waals surface area (Å²) < 4.78 is 1.73. The Hall–Kier alpha value is -1.68. The number of benzene rings is 1. The van der Waals surface area contributed by atoms with Gasteiger partial charge in [-0.05, 0) is 29.9 Å². The lowest BCUT2D eigenvalue weighted by atomic mass is 10.1. The first-order valence-electron chi connectivity index (χ1n) is 6.45. The number of hydrogen-bond donors (Lipinski definition) is 1. The molecule has 0 unspecified atom stereocenters. The van der Waals surface area contributed by atoms with Crippen LogP contribution in [-0.4, -0.2) is 14.8 Å². The zero-order valence-electron chi connectivity index (χ0n) is 10.6. The van der Waals surface area contributed by atoms with E-state index in [2.05, 4.69) is 39.7 Å². The molecular weight excluding hydrogens is 224 g/mol. The van der Waals surface area contributed by atoms with E-state index in [1.807, 2.05) is 7.05 Å². The molecule has 1 aliphatic rings. The minimum Gasteiger partial charge on any atom is -0.306 e. The van der Waals surface area contributed by atoms with Crippen LogP contribution < -0.4 is 5.32 Å². The van der Waals surface area contributed by atoms with Gasteiger partial charge in [0.15, 0.2) is 5.82 Å². The van der Waals surface area contributed by atoms with Gasteiger partial charge in [-0.25, -0.2) is 4.98 Å². The largest absolute Gasteiger partial charge is 0.306 e. The van der Waals surface area contributed by atoms with Crippen molar-refractivity contribution in [3.05, 3.63) is 47.5 Å². The van der Waals surface area contributed by atoms with Gasteiger partial charge >= 0.3 is 0 Å². The molecule has 0 aliphatic heterocycles. The fraction of sp³-hybridized carbons (Fsp3) is 0.429. The van der Waals surface area contributed by atoms with E-state index in [1.165, 1.54) is 24.0 Å². The summed E-state index contributed by atoms with van der Waals surface area (Å²) in [4.78, 5) is 4.19. The highest BCUT2D eigenvalue weighted by Gasteiger charge is 2.23. The number of nitrogens with one attached hydrogen (secondary N) is 1. The van der Waals surface area contributed by atoms with Gasteiger partial charge in [0.25, 0.3) is 0 Å². The molecule has 1 aromatic carbocycles. The molecule has 0 saturated heterocycles. The third kappa shape index (κ3) is 2.76. The molecule has 0 amide bonds. The van der Waals surface area contributed by atoms with Crippen molar-refractivity contribution in [2.75, 3.05) is 0 Å². The van der Waals surface area contributed by atoms with E-state index in [4.69, 9.17) is 0 Å². The number of hydrogen-bond acceptors (Lipinski definition) is 3. The second-order valence-electron chi connectivity index (χ2n) is 4.96. The van der Waals surface area contributed by atoms with Crippen LogP contribution in [0.3, 0.4) is 0 Å². The molecule has 0 bridgehead atoms. The monoisotopic (exact) mass is 242 g/mol. The van der Waals surface area contributed by atoms with Crippen molar-refractivity contribution >= 4 is 0 Å². The van der Waals surface area contributed by atoms with Gasteiger partial charge in [0, 0.05) is 13.6 Å². The van der Waals surface area contributed by atoms with Crippen LogP contribution in [0.25, 0.3) is 0 Å². The fourth-order valence-corrected chi connectivity index (χ4v) is 2.16. The van der Waals surface area contributed by atoms with Gasteiger partial charge in [0.1, 0.15) is 6.33 Å². The Bertz CT molecular complexity index is 528. The van der Waals surface area contributed by atoms with Gasteiger partial charge in [-0.3, -0.25) is 4.68 Å². The van der Waals surface area contributed by atoms with E-state index in [0.717, 1.165) is 18.3 Å². The van der Waals surface area contributed by atoms with Crippen molar-refractivity contribution in [3.8, 4) is 0 Å². The van der Waals surface area contributed by atoms with Crippen molar-refractivity contribution in [2.45, 2.75) is 31.8 Å². The zero-order valence-corrected chi connectivity index (χ0v) is 10.6. The Morgan fingerprint density at radius 1 is 1.33 bits per heavy atom. The molecule has 4 heteroatoms. The highest BCUT2D eigenvalue weighted by molar-refractivity contribution is 5.29. The second kappa shape index (κ2) is 4.90. The second-order valence-corrected chi connectivity index (χ2v) is 4.96. The summed E-state index contributed by atoms with van der Waals surface area (Å²) >= 11 is 0. The summed E-state index contributed by atoms with van der Waals surface area (Å²) in [5.74, 6) is 1.67. The van der Waals surface area contributed by atoms with Crippen molar-refractivity contribution in [3.63, 3.8) is 0 Å². The molecular formula is C14H18N4. The number of rotatable bonds is 5. The average Bonchev–Trinajstić information content (AvgIpc) is 3.14. The van der Waals surface area contributed by atoms with Crippen LogP contribution in [0.4, 0.5) is 0 Å². The van der Waals surface area contributed by atoms with Crippen molar-refractivity contribution in [1.29, 1.82) is 0 Å². The molecule has 1 saturated carbocycles. The van der Waals surface area contributed by atoms with E-state index in [-0.39, 0.29) is 0 Å². The van der Waals surface area contributed by atoms with Crippen LogP contribution in [0.15, 0.2) is 30.6 Å².